The van der Waals surface area contributed by atoms with Gasteiger partial charge in [-0.25, -0.2) is 0 Å². The van der Waals surface area contributed by atoms with Gasteiger partial charge in [0.05, 0.1) is 28.4 Å². The van der Waals surface area contributed by atoms with E-state index in [0.29, 0.717) is 0 Å². The molecule has 0 saturated heterocycles. The first-order chi connectivity index (χ1) is 24.0. The lowest BCUT2D eigenvalue weighted by Crippen LogP contribution is -2.10. The largest absolute Gasteiger partial charge is 0.497 e. The van der Waals surface area contributed by atoms with E-state index in [9.17, 15) is 0 Å². The maximum absolute atomic E-state index is 5.47. The summed E-state index contributed by atoms with van der Waals surface area (Å²) < 4.78 is 24.3. The molecule has 1 heterocycles. The molecule has 0 aliphatic heterocycles. The molecule has 0 fully saturated rings. The fraction of sp³-hybridized carbons (Fsp3) is 0.143. The number of anilines is 6. The van der Waals surface area contributed by atoms with Crippen molar-refractivity contribution in [3.8, 4) is 23.0 Å². The number of benzene rings is 6. The van der Waals surface area contributed by atoms with Crippen LogP contribution < -0.4 is 28.7 Å². The standard InChI is InChI=1S/C42H39N3O4/c1-6-43-41-25-15-33(44(29-7-17-35(46-2)18-8-29)30-9-19-36(47-3)20-10-30)27-39(41)40-28-34(16-26-42(40)43)45(31-11-21-37(48-4)22-12-31)32-13-23-38(49-5)24-14-32/h7-28H,6H2,1-5H3. The van der Waals surface area contributed by atoms with Crippen LogP contribution in [0, 0.1) is 0 Å². The molecule has 7 nitrogen and oxygen atoms in total. The molecule has 7 aromatic rings. The molecule has 246 valence electrons. The SMILES string of the molecule is CCn1c2ccc(N(c3ccc(OC)cc3)c3ccc(OC)cc3)cc2c2cc(N(c3ccc(OC)cc3)c3ccc(OC)cc3)ccc21. The van der Waals surface area contributed by atoms with E-state index in [4.69, 9.17) is 18.9 Å². The van der Waals surface area contributed by atoms with Crippen molar-refractivity contribution in [2.24, 2.45) is 0 Å². The van der Waals surface area contributed by atoms with Gasteiger partial charge in [-0.2, -0.15) is 0 Å². The number of ether oxygens (including phenoxy) is 4. The van der Waals surface area contributed by atoms with Gasteiger partial charge in [0.2, 0.25) is 0 Å². The smallest absolute Gasteiger partial charge is 0.119 e. The zero-order chi connectivity index (χ0) is 33.9. The molecule has 0 saturated carbocycles. The van der Waals surface area contributed by atoms with Gasteiger partial charge in [-0.3, -0.25) is 0 Å². The lowest BCUT2D eigenvalue weighted by Gasteiger charge is -2.26. The molecule has 0 aliphatic rings. The highest BCUT2D eigenvalue weighted by atomic mass is 16.5. The Morgan fingerprint density at radius 2 is 0.653 bits per heavy atom. The average Bonchev–Trinajstić information content (AvgIpc) is 3.48. The van der Waals surface area contributed by atoms with Gasteiger partial charge in [0.1, 0.15) is 23.0 Å². The molecule has 1 aromatic heterocycles. The Hall–Kier alpha value is -6.08. The van der Waals surface area contributed by atoms with Crippen molar-refractivity contribution in [1.82, 2.24) is 4.57 Å². The fourth-order valence-electron chi connectivity index (χ4n) is 6.52. The van der Waals surface area contributed by atoms with E-state index in [1.807, 2.05) is 48.5 Å². The lowest BCUT2D eigenvalue weighted by atomic mass is 10.1. The maximum atomic E-state index is 5.47. The molecule has 0 unspecified atom stereocenters. The molecule has 6 aromatic carbocycles. The van der Waals surface area contributed by atoms with E-state index in [0.717, 1.165) is 63.7 Å². The molecule has 0 radical (unpaired) electrons. The van der Waals surface area contributed by atoms with Crippen molar-refractivity contribution >= 4 is 55.9 Å². The van der Waals surface area contributed by atoms with Crippen molar-refractivity contribution in [3.63, 3.8) is 0 Å². The first-order valence-corrected chi connectivity index (χ1v) is 16.3. The van der Waals surface area contributed by atoms with Crippen molar-refractivity contribution in [1.29, 1.82) is 0 Å². The van der Waals surface area contributed by atoms with Crippen LogP contribution >= 0.6 is 0 Å². The van der Waals surface area contributed by atoms with E-state index in [1.165, 1.54) is 21.8 Å². The zero-order valence-corrected chi connectivity index (χ0v) is 28.4. The second-order valence-electron chi connectivity index (χ2n) is 11.6. The van der Waals surface area contributed by atoms with E-state index < -0.39 is 0 Å². The normalized spacial score (nSPS) is 11.0. The Balaban J connectivity index is 1.41. The molecular weight excluding hydrogens is 610 g/mol. The van der Waals surface area contributed by atoms with Crippen LogP contribution in [0.5, 0.6) is 23.0 Å². The number of methoxy groups -OCH3 is 4. The summed E-state index contributed by atoms with van der Waals surface area (Å²) in [5.41, 5.74) is 8.55. The third-order valence-corrected chi connectivity index (χ3v) is 8.99. The molecular formula is C42H39N3O4. The van der Waals surface area contributed by atoms with E-state index in [1.54, 1.807) is 28.4 Å². The van der Waals surface area contributed by atoms with E-state index >= 15 is 0 Å². The Labute approximate surface area is 287 Å². The molecule has 7 heteroatoms. The predicted molar refractivity (Wildman–Crippen MR) is 201 cm³/mol. The third-order valence-electron chi connectivity index (χ3n) is 8.99. The van der Waals surface area contributed by atoms with Gasteiger partial charge in [-0.15, -0.1) is 0 Å². The third kappa shape index (κ3) is 5.95. The van der Waals surface area contributed by atoms with Gasteiger partial charge in [-0.1, -0.05) is 0 Å². The van der Waals surface area contributed by atoms with Crippen LogP contribution in [-0.4, -0.2) is 33.0 Å². The number of hydrogen-bond acceptors (Lipinski definition) is 6. The number of aryl methyl sites for hydroxylation is 1. The Morgan fingerprint density at radius 1 is 0.388 bits per heavy atom. The zero-order valence-electron chi connectivity index (χ0n) is 28.4. The number of fused-ring (bicyclic) bond motifs is 3. The molecule has 0 aliphatic carbocycles. The van der Waals surface area contributed by atoms with Gasteiger partial charge >= 0.3 is 0 Å². The number of hydrogen-bond donors (Lipinski definition) is 0. The second kappa shape index (κ2) is 13.6. The number of aromatic nitrogens is 1. The van der Waals surface area contributed by atoms with Crippen LogP contribution in [-0.2, 0) is 6.54 Å². The van der Waals surface area contributed by atoms with Crippen LogP contribution in [0.15, 0.2) is 133 Å². The average molecular weight is 650 g/mol. The minimum absolute atomic E-state index is 0.811. The van der Waals surface area contributed by atoms with Gasteiger partial charge in [0.25, 0.3) is 0 Å². The molecule has 49 heavy (non-hydrogen) atoms. The van der Waals surface area contributed by atoms with Crippen molar-refractivity contribution < 1.29 is 18.9 Å². The summed E-state index contributed by atoms with van der Waals surface area (Å²) in [5, 5.41) is 2.35. The highest BCUT2D eigenvalue weighted by Gasteiger charge is 2.19. The van der Waals surface area contributed by atoms with Crippen molar-refractivity contribution in [3.05, 3.63) is 133 Å². The van der Waals surface area contributed by atoms with Crippen LogP contribution in [0.4, 0.5) is 34.1 Å². The van der Waals surface area contributed by atoms with Gasteiger partial charge in [0, 0.05) is 62.5 Å². The van der Waals surface area contributed by atoms with Crippen LogP contribution in [0.1, 0.15) is 6.92 Å². The summed E-state index contributed by atoms with van der Waals surface area (Å²) in [7, 11) is 6.75. The van der Waals surface area contributed by atoms with E-state index in [2.05, 4.69) is 106 Å². The highest BCUT2D eigenvalue weighted by molar-refractivity contribution is 6.11. The van der Waals surface area contributed by atoms with Gasteiger partial charge in [0.15, 0.2) is 0 Å². The minimum atomic E-state index is 0.811. The van der Waals surface area contributed by atoms with Gasteiger partial charge < -0.3 is 33.3 Å². The Kier molecular flexibility index (Phi) is 8.73. The molecule has 0 spiro atoms. The summed E-state index contributed by atoms with van der Waals surface area (Å²) in [6.45, 7) is 3.04. The van der Waals surface area contributed by atoms with E-state index in [-0.39, 0.29) is 0 Å². The number of nitrogens with zero attached hydrogens (tertiary/aromatic N) is 3. The summed E-state index contributed by atoms with van der Waals surface area (Å²) in [4.78, 5) is 4.52. The van der Waals surface area contributed by atoms with Crippen LogP contribution in [0.3, 0.4) is 0 Å². The second-order valence-corrected chi connectivity index (χ2v) is 11.6. The fourth-order valence-corrected chi connectivity index (χ4v) is 6.52. The molecule has 0 N–H and O–H groups in total. The molecule has 0 atom stereocenters. The summed E-state index contributed by atoms with van der Waals surface area (Å²) >= 11 is 0. The first kappa shape index (κ1) is 31.5. The quantitative estimate of drug-likeness (QED) is 0.139. The molecule has 7 rings (SSSR count). The number of rotatable bonds is 11. The van der Waals surface area contributed by atoms with Crippen molar-refractivity contribution in [2.45, 2.75) is 13.5 Å². The van der Waals surface area contributed by atoms with Crippen molar-refractivity contribution in [2.75, 3.05) is 38.2 Å². The maximum Gasteiger partial charge on any atom is 0.119 e. The summed E-state index contributed by atoms with van der Waals surface area (Å²) in [6, 6.07) is 46.1. The first-order valence-electron chi connectivity index (χ1n) is 16.3. The monoisotopic (exact) mass is 649 g/mol. The Morgan fingerprint density at radius 3 is 0.898 bits per heavy atom. The molecule has 0 amide bonds. The van der Waals surface area contributed by atoms with Crippen LogP contribution in [0.2, 0.25) is 0 Å². The highest BCUT2D eigenvalue weighted by Crippen LogP contribution is 2.42. The predicted octanol–water partition coefficient (Wildman–Crippen LogP) is 10.8. The lowest BCUT2D eigenvalue weighted by molar-refractivity contribution is 0.414. The molecule has 0 bridgehead atoms. The summed E-state index contributed by atoms with van der Waals surface area (Å²) in [6.07, 6.45) is 0. The van der Waals surface area contributed by atoms with Crippen LogP contribution in [0.25, 0.3) is 21.8 Å². The Bertz CT molecular complexity index is 1940. The summed E-state index contributed by atoms with van der Waals surface area (Å²) in [5.74, 6) is 3.24. The minimum Gasteiger partial charge on any atom is -0.497 e. The van der Waals surface area contributed by atoms with Gasteiger partial charge in [-0.05, 0) is 140 Å². The topological polar surface area (TPSA) is 48.3 Å².